The fraction of sp³-hybridized carbons (Fsp3) is 0.500. The minimum Gasteiger partial charge on any atom is -0.347 e. The Labute approximate surface area is 115 Å². The molecule has 18 heavy (non-hydrogen) atoms. The molecular formula is C14H17BrFNO. The van der Waals surface area contributed by atoms with Crippen molar-refractivity contribution in [3.63, 3.8) is 0 Å². The molecule has 1 aromatic carbocycles. The standard InChI is InChI=1S/C14H17BrFNO/c1-14(7-3-2-4-8-14)17-13(18)11-6-5-10(15)9-12(11)16/h5-6,9H,2-4,7-8H2,1H3,(H,17,18). The Kier molecular flexibility index (Phi) is 4.05. The lowest BCUT2D eigenvalue weighted by Crippen LogP contribution is -2.47. The predicted molar refractivity (Wildman–Crippen MR) is 73.1 cm³/mol. The number of rotatable bonds is 2. The second kappa shape index (κ2) is 5.39. The van der Waals surface area contributed by atoms with Gasteiger partial charge in [-0.05, 0) is 38.0 Å². The molecule has 0 bridgehead atoms. The zero-order chi connectivity index (χ0) is 13.2. The fourth-order valence-electron chi connectivity index (χ4n) is 2.47. The van der Waals surface area contributed by atoms with Crippen LogP contribution in [-0.4, -0.2) is 11.4 Å². The summed E-state index contributed by atoms with van der Waals surface area (Å²) in [6.45, 7) is 2.04. The van der Waals surface area contributed by atoms with Crippen LogP contribution in [0.2, 0.25) is 0 Å². The molecule has 0 aromatic heterocycles. The van der Waals surface area contributed by atoms with Gasteiger partial charge in [0.2, 0.25) is 0 Å². The van der Waals surface area contributed by atoms with E-state index in [1.165, 1.54) is 18.6 Å². The van der Waals surface area contributed by atoms with Gasteiger partial charge in [0.05, 0.1) is 5.56 Å². The molecule has 1 aliphatic carbocycles. The van der Waals surface area contributed by atoms with Gasteiger partial charge in [0.1, 0.15) is 5.82 Å². The van der Waals surface area contributed by atoms with Crippen molar-refractivity contribution in [3.8, 4) is 0 Å². The molecule has 0 heterocycles. The van der Waals surface area contributed by atoms with Gasteiger partial charge in [-0.25, -0.2) is 4.39 Å². The lowest BCUT2D eigenvalue weighted by Gasteiger charge is -2.34. The first-order valence-corrected chi connectivity index (χ1v) is 7.07. The number of hydrogen-bond acceptors (Lipinski definition) is 1. The summed E-state index contributed by atoms with van der Waals surface area (Å²) < 4.78 is 14.3. The van der Waals surface area contributed by atoms with Gasteiger partial charge >= 0.3 is 0 Å². The maximum Gasteiger partial charge on any atom is 0.254 e. The summed E-state index contributed by atoms with van der Waals surface area (Å²) in [7, 11) is 0. The second-order valence-electron chi connectivity index (χ2n) is 5.20. The molecule has 1 saturated carbocycles. The van der Waals surface area contributed by atoms with Gasteiger partial charge in [0, 0.05) is 10.0 Å². The zero-order valence-electron chi connectivity index (χ0n) is 10.4. The van der Waals surface area contributed by atoms with Crippen LogP contribution < -0.4 is 5.32 Å². The van der Waals surface area contributed by atoms with Crippen molar-refractivity contribution >= 4 is 21.8 Å². The zero-order valence-corrected chi connectivity index (χ0v) is 12.0. The number of carbonyl (C=O) groups excluding carboxylic acids is 1. The normalized spacial score (nSPS) is 18.4. The first-order chi connectivity index (χ1) is 8.50. The van der Waals surface area contributed by atoms with Crippen molar-refractivity contribution in [2.45, 2.75) is 44.6 Å². The molecule has 1 aliphatic rings. The lowest BCUT2D eigenvalue weighted by atomic mass is 9.83. The molecule has 0 unspecified atom stereocenters. The molecule has 4 heteroatoms. The third-order valence-corrected chi connectivity index (χ3v) is 4.04. The molecule has 98 valence electrons. The van der Waals surface area contributed by atoms with E-state index in [4.69, 9.17) is 0 Å². The average molecular weight is 314 g/mol. The highest BCUT2D eigenvalue weighted by molar-refractivity contribution is 9.10. The van der Waals surface area contributed by atoms with Crippen molar-refractivity contribution in [3.05, 3.63) is 34.1 Å². The summed E-state index contributed by atoms with van der Waals surface area (Å²) >= 11 is 3.18. The summed E-state index contributed by atoms with van der Waals surface area (Å²) in [5.74, 6) is -0.800. The van der Waals surface area contributed by atoms with Crippen LogP contribution in [-0.2, 0) is 0 Å². The first kappa shape index (κ1) is 13.5. The number of benzene rings is 1. The topological polar surface area (TPSA) is 29.1 Å². The Hall–Kier alpha value is -0.900. The first-order valence-electron chi connectivity index (χ1n) is 6.28. The molecule has 1 fully saturated rings. The van der Waals surface area contributed by atoms with E-state index in [0.717, 1.165) is 25.7 Å². The highest BCUT2D eigenvalue weighted by Crippen LogP contribution is 2.28. The van der Waals surface area contributed by atoms with Crippen LogP contribution in [0.3, 0.4) is 0 Å². The van der Waals surface area contributed by atoms with Gasteiger partial charge < -0.3 is 5.32 Å². The largest absolute Gasteiger partial charge is 0.347 e. The molecule has 1 N–H and O–H groups in total. The Bertz CT molecular complexity index is 455. The number of carbonyl (C=O) groups is 1. The highest BCUT2D eigenvalue weighted by atomic mass is 79.9. The number of nitrogens with one attached hydrogen (secondary N) is 1. The third kappa shape index (κ3) is 3.10. The molecule has 0 atom stereocenters. The monoisotopic (exact) mass is 313 g/mol. The van der Waals surface area contributed by atoms with E-state index in [-0.39, 0.29) is 17.0 Å². The van der Waals surface area contributed by atoms with Crippen LogP contribution in [0.1, 0.15) is 49.4 Å². The van der Waals surface area contributed by atoms with Crippen LogP contribution >= 0.6 is 15.9 Å². The van der Waals surface area contributed by atoms with E-state index >= 15 is 0 Å². The number of amides is 1. The van der Waals surface area contributed by atoms with Gasteiger partial charge in [0.15, 0.2) is 0 Å². The van der Waals surface area contributed by atoms with E-state index < -0.39 is 5.82 Å². The fourth-order valence-corrected chi connectivity index (χ4v) is 2.81. The van der Waals surface area contributed by atoms with E-state index in [0.29, 0.717) is 4.47 Å². The van der Waals surface area contributed by atoms with E-state index in [1.54, 1.807) is 6.07 Å². The molecule has 2 nitrogen and oxygen atoms in total. The van der Waals surface area contributed by atoms with Crippen molar-refractivity contribution in [2.24, 2.45) is 0 Å². The lowest BCUT2D eigenvalue weighted by molar-refractivity contribution is 0.0878. The summed E-state index contributed by atoms with van der Waals surface area (Å²) in [5, 5.41) is 2.98. The van der Waals surface area contributed by atoms with E-state index in [9.17, 15) is 9.18 Å². The van der Waals surface area contributed by atoms with Gasteiger partial charge in [-0.1, -0.05) is 35.2 Å². The Morgan fingerprint density at radius 3 is 2.61 bits per heavy atom. The third-order valence-electron chi connectivity index (χ3n) is 3.55. The SMILES string of the molecule is CC1(NC(=O)c2ccc(Br)cc2F)CCCCC1. The Balaban J connectivity index is 2.11. The Morgan fingerprint density at radius 2 is 2.00 bits per heavy atom. The summed E-state index contributed by atoms with van der Waals surface area (Å²) in [4.78, 5) is 12.1. The minimum atomic E-state index is -0.485. The smallest absolute Gasteiger partial charge is 0.254 e. The van der Waals surface area contributed by atoms with Crippen LogP contribution in [0.15, 0.2) is 22.7 Å². The second-order valence-corrected chi connectivity index (χ2v) is 6.12. The number of hydrogen-bond donors (Lipinski definition) is 1. The van der Waals surface area contributed by atoms with Crippen LogP contribution in [0, 0.1) is 5.82 Å². The molecular weight excluding hydrogens is 297 g/mol. The van der Waals surface area contributed by atoms with Crippen molar-refractivity contribution in [1.29, 1.82) is 0 Å². The molecule has 0 spiro atoms. The highest BCUT2D eigenvalue weighted by Gasteiger charge is 2.29. The minimum absolute atomic E-state index is 0.116. The molecule has 0 aliphatic heterocycles. The van der Waals surface area contributed by atoms with Crippen molar-refractivity contribution in [1.82, 2.24) is 5.32 Å². The number of halogens is 2. The van der Waals surface area contributed by atoms with E-state index in [1.807, 2.05) is 6.92 Å². The van der Waals surface area contributed by atoms with E-state index in [2.05, 4.69) is 21.2 Å². The van der Waals surface area contributed by atoms with Gasteiger partial charge in [-0.2, -0.15) is 0 Å². The van der Waals surface area contributed by atoms with Crippen LogP contribution in [0.25, 0.3) is 0 Å². The quantitative estimate of drug-likeness (QED) is 0.877. The summed E-state index contributed by atoms with van der Waals surface area (Å²) in [5.41, 5.74) is -0.0699. The summed E-state index contributed by atoms with van der Waals surface area (Å²) in [6.07, 6.45) is 5.41. The molecule has 1 amide bonds. The predicted octanol–water partition coefficient (Wildman–Crippen LogP) is 4.04. The van der Waals surface area contributed by atoms with Gasteiger partial charge in [0.25, 0.3) is 5.91 Å². The van der Waals surface area contributed by atoms with Crippen LogP contribution in [0.5, 0.6) is 0 Å². The average Bonchev–Trinajstić information content (AvgIpc) is 2.28. The maximum atomic E-state index is 13.7. The van der Waals surface area contributed by atoms with Crippen molar-refractivity contribution < 1.29 is 9.18 Å². The summed E-state index contributed by atoms with van der Waals surface area (Å²) in [6, 6.07) is 4.51. The maximum absolute atomic E-state index is 13.7. The Morgan fingerprint density at radius 1 is 1.33 bits per heavy atom. The van der Waals surface area contributed by atoms with Crippen LogP contribution in [0.4, 0.5) is 4.39 Å². The molecule has 2 rings (SSSR count). The van der Waals surface area contributed by atoms with Gasteiger partial charge in [-0.15, -0.1) is 0 Å². The molecule has 0 saturated heterocycles. The van der Waals surface area contributed by atoms with Gasteiger partial charge in [-0.3, -0.25) is 4.79 Å². The molecule has 0 radical (unpaired) electrons. The molecule has 1 aromatic rings. The van der Waals surface area contributed by atoms with Crippen molar-refractivity contribution in [2.75, 3.05) is 0 Å².